The normalized spacial score (nSPS) is 17.2. The average molecular weight is 341 g/mol. The first-order valence-electron chi connectivity index (χ1n) is 8.04. The minimum Gasteiger partial charge on any atom is -0.464 e. The Morgan fingerprint density at radius 3 is 2.88 bits per heavy atom. The monoisotopic (exact) mass is 341 g/mol. The fraction of sp³-hybridized carbons (Fsp3) is 0.500. The van der Waals surface area contributed by atoms with E-state index in [0.29, 0.717) is 17.9 Å². The van der Waals surface area contributed by atoms with Crippen LogP contribution in [0.3, 0.4) is 0 Å². The number of carbonyl (C=O) groups excluding carboxylic acids is 1. The number of hydrogen-bond donors (Lipinski definition) is 0. The van der Waals surface area contributed by atoms with E-state index in [0.717, 1.165) is 30.6 Å². The van der Waals surface area contributed by atoms with Crippen LogP contribution in [0.1, 0.15) is 46.2 Å². The van der Waals surface area contributed by atoms with Crippen LogP contribution in [0.5, 0.6) is 0 Å². The SMILES string of the molecule is COC(=O)c1cn(C2CCCN(c3nnc(C)c(C)c3C#N)C2)nn1. The van der Waals surface area contributed by atoms with Gasteiger partial charge < -0.3 is 9.64 Å². The number of piperidine rings is 1. The summed E-state index contributed by atoms with van der Waals surface area (Å²) >= 11 is 0. The molecule has 0 saturated carbocycles. The lowest BCUT2D eigenvalue weighted by Gasteiger charge is -2.33. The second-order valence-electron chi connectivity index (χ2n) is 6.04. The Bertz CT molecular complexity index is 839. The Labute approximate surface area is 145 Å². The molecule has 2 aromatic heterocycles. The lowest BCUT2D eigenvalue weighted by Crippen LogP contribution is -2.38. The zero-order valence-electron chi connectivity index (χ0n) is 14.4. The number of anilines is 1. The van der Waals surface area contributed by atoms with E-state index in [1.54, 1.807) is 10.9 Å². The highest BCUT2D eigenvalue weighted by Crippen LogP contribution is 2.28. The van der Waals surface area contributed by atoms with Crippen molar-refractivity contribution in [2.45, 2.75) is 32.7 Å². The second-order valence-corrected chi connectivity index (χ2v) is 6.04. The van der Waals surface area contributed by atoms with Crippen molar-refractivity contribution in [2.75, 3.05) is 25.1 Å². The van der Waals surface area contributed by atoms with Crippen LogP contribution in [-0.2, 0) is 4.74 Å². The van der Waals surface area contributed by atoms with Crippen molar-refractivity contribution in [3.05, 3.63) is 28.7 Å². The number of esters is 1. The molecule has 0 radical (unpaired) electrons. The molecule has 9 heteroatoms. The van der Waals surface area contributed by atoms with Gasteiger partial charge in [-0.2, -0.15) is 10.4 Å². The summed E-state index contributed by atoms with van der Waals surface area (Å²) in [5.74, 6) is 0.0920. The molecule has 3 heterocycles. The molecule has 2 aromatic rings. The number of nitriles is 1. The van der Waals surface area contributed by atoms with Gasteiger partial charge in [-0.15, -0.1) is 10.2 Å². The van der Waals surface area contributed by atoms with Crippen molar-refractivity contribution < 1.29 is 9.53 Å². The summed E-state index contributed by atoms with van der Waals surface area (Å²) in [4.78, 5) is 13.6. The van der Waals surface area contributed by atoms with Gasteiger partial charge in [0.05, 0.1) is 25.0 Å². The van der Waals surface area contributed by atoms with Gasteiger partial charge in [0.25, 0.3) is 0 Å². The Balaban J connectivity index is 1.85. The summed E-state index contributed by atoms with van der Waals surface area (Å²) in [6, 6.07) is 2.28. The first kappa shape index (κ1) is 16.8. The van der Waals surface area contributed by atoms with Crippen molar-refractivity contribution in [2.24, 2.45) is 0 Å². The number of nitrogens with zero attached hydrogens (tertiary/aromatic N) is 7. The molecule has 1 fully saturated rings. The highest BCUT2D eigenvalue weighted by Gasteiger charge is 2.27. The quantitative estimate of drug-likeness (QED) is 0.766. The van der Waals surface area contributed by atoms with E-state index in [1.165, 1.54) is 7.11 Å². The Kier molecular flexibility index (Phi) is 4.61. The zero-order valence-corrected chi connectivity index (χ0v) is 14.4. The molecule has 1 unspecified atom stereocenters. The van der Waals surface area contributed by atoms with Gasteiger partial charge in [-0.3, -0.25) is 0 Å². The molecule has 0 aliphatic carbocycles. The summed E-state index contributed by atoms with van der Waals surface area (Å²) in [6.45, 7) is 5.14. The van der Waals surface area contributed by atoms with Gasteiger partial charge in [0.2, 0.25) is 0 Å². The maximum atomic E-state index is 11.5. The molecular formula is C16H19N7O2. The molecule has 1 saturated heterocycles. The smallest absolute Gasteiger partial charge is 0.360 e. The summed E-state index contributed by atoms with van der Waals surface area (Å²) in [7, 11) is 1.31. The molecule has 0 bridgehead atoms. The van der Waals surface area contributed by atoms with Crippen LogP contribution in [0, 0.1) is 25.2 Å². The molecule has 130 valence electrons. The zero-order chi connectivity index (χ0) is 18.0. The molecule has 1 atom stereocenters. The summed E-state index contributed by atoms with van der Waals surface area (Å²) < 4.78 is 6.34. The van der Waals surface area contributed by atoms with E-state index in [9.17, 15) is 10.1 Å². The van der Waals surface area contributed by atoms with Crippen LogP contribution in [0.2, 0.25) is 0 Å². The van der Waals surface area contributed by atoms with E-state index in [-0.39, 0.29) is 11.7 Å². The molecule has 0 aromatic carbocycles. The minimum absolute atomic E-state index is 0.0367. The van der Waals surface area contributed by atoms with Gasteiger partial charge in [-0.05, 0) is 32.3 Å². The van der Waals surface area contributed by atoms with Gasteiger partial charge in [0.1, 0.15) is 11.6 Å². The van der Waals surface area contributed by atoms with Crippen LogP contribution in [0.15, 0.2) is 6.20 Å². The largest absolute Gasteiger partial charge is 0.464 e. The van der Waals surface area contributed by atoms with E-state index < -0.39 is 5.97 Å². The molecule has 3 rings (SSSR count). The number of ether oxygens (including phenoxy) is 1. The average Bonchev–Trinajstić information content (AvgIpc) is 3.13. The van der Waals surface area contributed by atoms with Crippen molar-refractivity contribution >= 4 is 11.8 Å². The molecular weight excluding hydrogens is 322 g/mol. The minimum atomic E-state index is -0.509. The van der Waals surface area contributed by atoms with Crippen LogP contribution in [-0.4, -0.2) is 51.4 Å². The molecule has 0 amide bonds. The first-order chi connectivity index (χ1) is 12.0. The number of hydrogen-bond acceptors (Lipinski definition) is 8. The number of carbonyl (C=O) groups is 1. The molecule has 25 heavy (non-hydrogen) atoms. The predicted molar refractivity (Wildman–Crippen MR) is 88.1 cm³/mol. The molecule has 9 nitrogen and oxygen atoms in total. The van der Waals surface area contributed by atoms with E-state index in [2.05, 4.69) is 31.3 Å². The molecule has 0 N–H and O–H groups in total. The molecule has 0 spiro atoms. The molecule has 1 aliphatic heterocycles. The Hall–Kier alpha value is -3.02. The van der Waals surface area contributed by atoms with E-state index >= 15 is 0 Å². The topological polar surface area (TPSA) is 110 Å². The number of methoxy groups -OCH3 is 1. The Morgan fingerprint density at radius 1 is 1.36 bits per heavy atom. The van der Waals surface area contributed by atoms with Crippen molar-refractivity contribution in [3.8, 4) is 6.07 Å². The summed E-state index contributed by atoms with van der Waals surface area (Å²) in [6.07, 6.45) is 3.41. The number of aromatic nitrogens is 5. The summed E-state index contributed by atoms with van der Waals surface area (Å²) in [5, 5.41) is 25.8. The Morgan fingerprint density at radius 2 is 2.16 bits per heavy atom. The highest BCUT2D eigenvalue weighted by atomic mass is 16.5. The van der Waals surface area contributed by atoms with Crippen LogP contribution in [0.4, 0.5) is 5.82 Å². The fourth-order valence-electron chi connectivity index (χ4n) is 2.97. The van der Waals surface area contributed by atoms with Gasteiger partial charge in [-0.1, -0.05) is 5.21 Å². The van der Waals surface area contributed by atoms with Crippen molar-refractivity contribution in [1.29, 1.82) is 5.26 Å². The lowest BCUT2D eigenvalue weighted by atomic mass is 10.0. The van der Waals surface area contributed by atoms with Gasteiger partial charge in [0.15, 0.2) is 11.5 Å². The van der Waals surface area contributed by atoms with E-state index in [4.69, 9.17) is 0 Å². The third-order valence-electron chi connectivity index (χ3n) is 4.52. The lowest BCUT2D eigenvalue weighted by molar-refractivity contribution is 0.0594. The van der Waals surface area contributed by atoms with Crippen molar-refractivity contribution in [3.63, 3.8) is 0 Å². The number of aryl methyl sites for hydroxylation is 1. The van der Waals surface area contributed by atoms with Gasteiger partial charge in [0, 0.05) is 13.1 Å². The van der Waals surface area contributed by atoms with Crippen LogP contribution < -0.4 is 4.90 Å². The van der Waals surface area contributed by atoms with Gasteiger partial charge >= 0.3 is 5.97 Å². The molecule has 1 aliphatic rings. The van der Waals surface area contributed by atoms with Gasteiger partial charge in [-0.25, -0.2) is 9.48 Å². The third kappa shape index (κ3) is 3.15. The van der Waals surface area contributed by atoms with Crippen LogP contribution in [0.25, 0.3) is 0 Å². The standard InChI is InChI=1S/C16H19N7O2/c1-10-11(2)18-20-15(13(10)7-17)22-6-4-5-12(8-22)23-9-14(19-21-23)16(24)25-3/h9,12H,4-6,8H2,1-3H3. The predicted octanol–water partition coefficient (Wildman–Crippen LogP) is 1.18. The first-order valence-corrected chi connectivity index (χ1v) is 8.04. The second kappa shape index (κ2) is 6.84. The fourth-order valence-corrected chi connectivity index (χ4v) is 2.97. The number of rotatable bonds is 3. The van der Waals surface area contributed by atoms with E-state index in [1.807, 2.05) is 18.7 Å². The maximum absolute atomic E-state index is 11.5. The van der Waals surface area contributed by atoms with Crippen molar-refractivity contribution in [1.82, 2.24) is 25.2 Å². The summed E-state index contributed by atoms with van der Waals surface area (Å²) in [5.41, 5.74) is 2.35. The third-order valence-corrected chi connectivity index (χ3v) is 4.52. The van der Waals surface area contributed by atoms with Crippen LogP contribution >= 0.6 is 0 Å². The maximum Gasteiger partial charge on any atom is 0.360 e. The highest BCUT2D eigenvalue weighted by molar-refractivity contribution is 5.86.